The fraction of sp³-hybridized carbons (Fsp3) is 1.00. The highest BCUT2D eigenvalue weighted by atomic mass is 31.2. The smallest absolute Gasteiger partial charge is 0.0588 e. The molecular weight excluding hydrogens is 139 g/mol. The molecule has 1 saturated carbocycles. The Morgan fingerprint density at radius 3 is 1.90 bits per heavy atom. The van der Waals surface area contributed by atoms with Crippen molar-refractivity contribution in [3.63, 3.8) is 0 Å². The van der Waals surface area contributed by atoms with Crippen LogP contribution in [0.5, 0.6) is 0 Å². The lowest BCUT2D eigenvalue weighted by atomic mass is 10.1. The molecule has 0 aromatic rings. The molecule has 0 aliphatic heterocycles. The van der Waals surface area contributed by atoms with Crippen molar-refractivity contribution < 1.29 is 0 Å². The first-order valence-electron chi connectivity index (χ1n) is 4.33. The van der Waals surface area contributed by atoms with Gasteiger partial charge in [0, 0.05) is 27.3 Å². The van der Waals surface area contributed by atoms with Crippen molar-refractivity contribution in [1.29, 1.82) is 0 Å². The van der Waals surface area contributed by atoms with Crippen molar-refractivity contribution in [2.45, 2.75) is 31.8 Å². The Hall–Kier alpha value is 0.430. The molecule has 0 N–H and O–H groups in total. The lowest BCUT2D eigenvalue weighted by Gasteiger charge is -2.23. The quantitative estimate of drug-likeness (QED) is 0.516. The van der Waals surface area contributed by atoms with Gasteiger partial charge in [-0.1, -0.05) is 6.92 Å². The topological polar surface area (TPSA) is 0 Å². The minimum Gasteiger partial charge on any atom is -0.0588 e. The monoisotopic (exact) mass is 159 g/mol. The van der Waals surface area contributed by atoms with Crippen LogP contribution in [0.25, 0.3) is 0 Å². The van der Waals surface area contributed by atoms with Gasteiger partial charge in [0.15, 0.2) is 0 Å². The minimum atomic E-state index is -0.519. The van der Waals surface area contributed by atoms with Gasteiger partial charge in [0.2, 0.25) is 0 Å². The molecule has 1 aliphatic carbocycles. The van der Waals surface area contributed by atoms with Gasteiger partial charge in [0.1, 0.15) is 0 Å². The molecular formula is C9H20P+. The summed E-state index contributed by atoms with van der Waals surface area (Å²) in [5.41, 5.74) is 1.09. The number of rotatable bonds is 1. The Morgan fingerprint density at radius 2 is 1.70 bits per heavy atom. The van der Waals surface area contributed by atoms with Crippen molar-refractivity contribution in [3.8, 4) is 0 Å². The zero-order valence-corrected chi connectivity index (χ0v) is 8.62. The molecule has 0 saturated heterocycles. The molecule has 0 heterocycles. The van der Waals surface area contributed by atoms with Crippen molar-refractivity contribution in [2.75, 3.05) is 20.0 Å². The number of hydrogen-bond acceptors (Lipinski definition) is 0. The molecule has 1 aliphatic rings. The molecule has 60 valence electrons. The zero-order chi connectivity index (χ0) is 7.78. The summed E-state index contributed by atoms with van der Waals surface area (Å²) in [6.07, 6.45) is 4.49. The van der Waals surface area contributed by atoms with Gasteiger partial charge in [0.25, 0.3) is 0 Å². The van der Waals surface area contributed by atoms with Gasteiger partial charge in [-0.15, -0.1) is 0 Å². The molecule has 0 aromatic heterocycles. The van der Waals surface area contributed by atoms with Crippen molar-refractivity contribution >= 4 is 7.26 Å². The molecule has 0 bridgehead atoms. The van der Waals surface area contributed by atoms with E-state index in [0.717, 1.165) is 11.6 Å². The molecule has 1 heteroatoms. The minimum absolute atomic E-state index is 0.519. The molecule has 10 heavy (non-hydrogen) atoms. The van der Waals surface area contributed by atoms with Crippen LogP contribution in [0.15, 0.2) is 0 Å². The third-order valence-corrected chi connectivity index (χ3v) is 5.57. The summed E-state index contributed by atoms with van der Waals surface area (Å²) < 4.78 is 0. The summed E-state index contributed by atoms with van der Waals surface area (Å²) in [5.74, 6) is 1.02. The van der Waals surface area contributed by atoms with Gasteiger partial charge in [-0.05, 0) is 25.2 Å². The molecule has 0 radical (unpaired) electrons. The zero-order valence-electron chi connectivity index (χ0n) is 7.72. The summed E-state index contributed by atoms with van der Waals surface area (Å²) in [6.45, 7) is 9.89. The maximum Gasteiger partial charge on any atom is 0.0715 e. The fourth-order valence-corrected chi connectivity index (χ4v) is 4.91. The van der Waals surface area contributed by atoms with E-state index >= 15 is 0 Å². The van der Waals surface area contributed by atoms with Crippen LogP contribution in [0.1, 0.15) is 26.2 Å². The normalized spacial score (nSPS) is 34.8. The molecule has 0 amide bonds. The summed E-state index contributed by atoms with van der Waals surface area (Å²) in [6, 6.07) is 0. The van der Waals surface area contributed by atoms with Crippen molar-refractivity contribution in [2.24, 2.45) is 5.92 Å². The van der Waals surface area contributed by atoms with E-state index in [2.05, 4.69) is 26.9 Å². The first-order chi connectivity index (χ1) is 4.52. The highest BCUT2D eigenvalue weighted by Gasteiger charge is 2.38. The first-order valence-corrected chi connectivity index (χ1v) is 7.53. The maximum absolute atomic E-state index is 2.49. The van der Waals surface area contributed by atoms with Crippen molar-refractivity contribution in [3.05, 3.63) is 0 Å². The van der Waals surface area contributed by atoms with Gasteiger partial charge in [0.05, 0.1) is 5.66 Å². The van der Waals surface area contributed by atoms with E-state index in [4.69, 9.17) is 0 Å². The predicted octanol–water partition coefficient (Wildman–Crippen LogP) is 3.08. The molecule has 0 spiro atoms. The lowest BCUT2D eigenvalue weighted by molar-refractivity contribution is 0.616. The van der Waals surface area contributed by atoms with Crippen molar-refractivity contribution in [1.82, 2.24) is 0 Å². The van der Waals surface area contributed by atoms with Crippen LogP contribution in [0, 0.1) is 5.92 Å². The largest absolute Gasteiger partial charge is 0.0715 e. The highest BCUT2D eigenvalue weighted by Crippen LogP contribution is 2.59. The number of hydrogen-bond donors (Lipinski definition) is 0. The van der Waals surface area contributed by atoms with Gasteiger partial charge in [-0.25, -0.2) is 0 Å². The summed E-state index contributed by atoms with van der Waals surface area (Å²) in [5, 5.41) is 0. The average molecular weight is 159 g/mol. The van der Waals surface area contributed by atoms with E-state index in [0.29, 0.717) is 0 Å². The van der Waals surface area contributed by atoms with E-state index in [9.17, 15) is 0 Å². The van der Waals surface area contributed by atoms with E-state index in [1.165, 1.54) is 19.3 Å². The van der Waals surface area contributed by atoms with Crippen LogP contribution in [0.2, 0.25) is 0 Å². The summed E-state index contributed by atoms with van der Waals surface area (Å²) in [4.78, 5) is 0. The van der Waals surface area contributed by atoms with E-state index in [-0.39, 0.29) is 0 Å². The van der Waals surface area contributed by atoms with Crippen LogP contribution in [0.3, 0.4) is 0 Å². The van der Waals surface area contributed by atoms with Crippen LogP contribution >= 0.6 is 7.26 Å². The first kappa shape index (κ1) is 8.53. The second kappa shape index (κ2) is 2.81. The molecule has 2 atom stereocenters. The lowest BCUT2D eigenvalue weighted by Crippen LogP contribution is -2.13. The van der Waals surface area contributed by atoms with Crippen LogP contribution in [0.4, 0.5) is 0 Å². The van der Waals surface area contributed by atoms with E-state index < -0.39 is 7.26 Å². The van der Waals surface area contributed by atoms with Crippen LogP contribution in [-0.2, 0) is 0 Å². The van der Waals surface area contributed by atoms with Gasteiger partial charge in [-0.2, -0.15) is 0 Å². The molecule has 1 rings (SSSR count). The standard InChI is InChI=1S/C9H20P/c1-8-6-5-7-9(8)10(2,3)4/h8-9H,5-7H2,1-4H3/q+1. The fourth-order valence-electron chi connectivity index (χ4n) is 2.28. The SMILES string of the molecule is CC1CCCC1[P+](C)(C)C. The van der Waals surface area contributed by atoms with E-state index in [1.54, 1.807) is 0 Å². The molecule has 0 nitrogen and oxygen atoms in total. The van der Waals surface area contributed by atoms with Gasteiger partial charge < -0.3 is 0 Å². The third kappa shape index (κ3) is 1.72. The van der Waals surface area contributed by atoms with Crippen LogP contribution in [-0.4, -0.2) is 25.7 Å². The Bertz CT molecular complexity index is 112. The summed E-state index contributed by atoms with van der Waals surface area (Å²) >= 11 is 0. The second-order valence-electron chi connectivity index (χ2n) is 4.59. The Kier molecular flexibility index (Phi) is 2.40. The van der Waals surface area contributed by atoms with Gasteiger partial charge >= 0.3 is 0 Å². The Balaban J connectivity index is 2.55. The predicted molar refractivity (Wildman–Crippen MR) is 51.5 cm³/mol. The average Bonchev–Trinajstić information content (AvgIpc) is 2.11. The Labute approximate surface area is 65.7 Å². The molecule has 0 aromatic carbocycles. The Morgan fingerprint density at radius 1 is 1.10 bits per heavy atom. The van der Waals surface area contributed by atoms with Crippen LogP contribution < -0.4 is 0 Å². The summed E-state index contributed by atoms with van der Waals surface area (Å²) in [7, 11) is -0.519. The second-order valence-corrected chi connectivity index (χ2v) is 9.49. The molecule has 1 fully saturated rings. The third-order valence-electron chi connectivity index (χ3n) is 2.81. The maximum atomic E-state index is 2.49. The highest BCUT2D eigenvalue weighted by molar-refractivity contribution is 7.74. The van der Waals surface area contributed by atoms with Gasteiger partial charge in [-0.3, -0.25) is 0 Å². The molecule has 2 unspecified atom stereocenters. The van der Waals surface area contributed by atoms with E-state index in [1.807, 2.05) is 0 Å².